The minimum Gasteiger partial charge on any atom is -0.481 e. The second kappa shape index (κ2) is 4.94. The molecule has 5 nitrogen and oxygen atoms in total. The van der Waals surface area contributed by atoms with Crippen LogP contribution in [0.5, 0.6) is 0 Å². The van der Waals surface area contributed by atoms with Crippen molar-refractivity contribution in [2.75, 3.05) is 12.9 Å². The lowest BCUT2D eigenvalue weighted by Gasteiger charge is -2.25. The maximum Gasteiger partial charge on any atom is 0.306 e. The maximum atomic E-state index is 10.7. The van der Waals surface area contributed by atoms with Gasteiger partial charge in [-0.2, -0.15) is 8.42 Å². The molecular weight excluding hydrogens is 220 g/mol. The number of hydrogen-bond acceptors (Lipinski definition) is 4. The van der Waals surface area contributed by atoms with Crippen LogP contribution in [-0.2, 0) is 19.1 Å². The molecule has 0 bridgehead atoms. The fourth-order valence-electron chi connectivity index (χ4n) is 1.80. The molecule has 0 unspecified atom stereocenters. The van der Waals surface area contributed by atoms with Crippen LogP contribution < -0.4 is 0 Å². The van der Waals surface area contributed by atoms with Crippen LogP contribution in [0.2, 0.25) is 0 Å². The van der Waals surface area contributed by atoms with Crippen molar-refractivity contribution in [3.63, 3.8) is 0 Å². The van der Waals surface area contributed by atoms with Gasteiger partial charge in [-0.1, -0.05) is 0 Å². The lowest BCUT2D eigenvalue weighted by molar-refractivity contribution is -0.143. The molecule has 0 aromatic heterocycles. The van der Waals surface area contributed by atoms with Crippen molar-refractivity contribution >= 4 is 16.1 Å². The summed E-state index contributed by atoms with van der Waals surface area (Å²) in [6.45, 7) is 0.186. The van der Waals surface area contributed by atoms with E-state index in [0.717, 1.165) is 19.1 Å². The van der Waals surface area contributed by atoms with Gasteiger partial charge in [0.05, 0.1) is 18.8 Å². The van der Waals surface area contributed by atoms with E-state index in [1.807, 2.05) is 0 Å². The second-order valence-electron chi connectivity index (χ2n) is 4.04. The van der Waals surface area contributed by atoms with E-state index in [1.54, 1.807) is 0 Å². The SMILES string of the molecule is CS(=O)(=O)OCC1CCC(C(=O)O)CC1. The molecule has 1 saturated carbocycles. The molecule has 15 heavy (non-hydrogen) atoms. The zero-order chi connectivity index (χ0) is 11.5. The molecule has 1 aliphatic carbocycles. The van der Waals surface area contributed by atoms with E-state index >= 15 is 0 Å². The number of carboxylic acid groups (broad SMARTS) is 1. The fourth-order valence-corrected chi connectivity index (χ4v) is 2.24. The van der Waals surface area contributed by atoms with Crippen LogP contribution in [0.4, 0.5) is 0 Å². The van der Waals surface area contributed by atoms with E-state index in [1.165, 1.54) is 0 Å². The van der Waals surface area contributed by atoms with Gasteiger partial charge in [-0.15, -0.1) is 0 Å². The van der Waals surface area contributed by atoms with E-state index < -0.39 is 16.1 Å². The summed E-state index contributed by atoms with van der Waals surface area (Å²) in [5, 5.41) is 8.76. The molecular formula is C9H16O5S. The molecule has 1 fully saturated rings. The van der Waals surface area contributed by atoms with Gasteiger partial charge in [0, 0.05) is 0 Å². The minimum absolute atomic E-state index is 0.176. The number of hydrogen-bond donors (Lipinski definition) is 1. The van der Waals surface area contributed by atoms with Gasteiger partial charge in [-0.25, -0.2) is 0 Å². The Bertz CT molecular complexity index is 313. The largest absolute Gasteiger partial charge is 0.481 e. The van der Waals surface area contributed by atoms with E-state index in [4.69, 9.17) is 5.11 Å². The number of aliphatic carboxylic acids is 1. The fraction of sp³-hybridized carbons (Fsp3) is 0.889. The molecule has 0 aromatic carbocycles. The zero-order valence-corrected chi connectivity index (χ0v) is 9.50. The Morgan fingerprint density at radius 2 is 1.87 bits per heavy atom. The molecule has 0 aliphatic heterocycles. The maximum absolute atomic E-state index is 10.7. The number of carbonyl (C=O) groups is 1. The van der Waals surface area contributed by atoms with Crippen LogP contribution in [0.15, 0.2) is 0 Å². The molecule has 0 atom stereocenters. The molecule has 1 aliphatic rings. The topological polar surface area (TPSA) is 80.7 Å². The van der Waals surface area contributed by atoms with Gasteiger partial charge in [0.25, 0.3) is 10.1 Å². The standard InChI is InChI=1S/C9H16O5S/c1-15(12,13)14-6-7-2-4-8(5-3-7)9(10)11/h7-8H,2-6H2,1H3,(H,10,11). The molecule has 0 spiro atoms. The highest BCUT2D eigenvalue weighted by Gasteiger charge is 2.26. The molecule has 6 heteroatoms. The first kappa shape index (κ1) is 12.4. The van der Waals surface area contributed by atoms with Crippen LogP contribution in [-0.4, -0.2) is 32.4 Å². The summed E-state index contributed by atoms with van der Waals surface area (Å²) in [5.41, 5.74) is 0. The molecule has 0 heterocycles. The Morgan fingerprint density at radius 1 is 1.33 bits per heavy atom. The molecule has 0 aromatic rings. The first-order valence-electron chi connectivity index (χ1n) is 4.95. The van der Waals surface area contributed by atoms with Gasteiger partial charge in [-0.05, 0) is 31.6 Å². The smallest absolute Gasteiger partial charge is 0.306 e. The molecule has 0 amide bonds. The Balaban J connectivity index is 2.29. The van der Waals surface area contributed by atoms with E-state index in [0.29, 0.717) is 12.8 Å². The first-order valence-corrected chi connectivity index (χ1v) is 6.77. The summed E-state index contributed by atoms with van der Waals surface area (Å²) in [4.78, 5) is 10.7. The van der Waals surface area contributed by atoms with Crippen molar-refractivity contribution in [1.29, 1.82) is 0 Å². The predicted molar refractivity (Wildman–Crippen MR) is 53.9 cm³/mol. The summed E-state index contributed by atoms with van der Waals surface area (Å²) in [7, 11) is -3.37. The monoisotopic (exact) mass is 236 g/mol. The molecule has 0 saturated heterocycles. The van der Waals surface area contributed by atoms with Crippen molar-refractivity contribution in [2.45, 2.75) is 25.7 Å². The normalized spacial score (nSPS) is 27.5. The van der Waals surface area contributed by atoms with E-state index in [-0.39, 0.29) is 18.4 Å². The third-order valence-corrected chi connectivity index (χ3v) is 3.28. The van der Waals surface area contributed by atoms with Gasteiger partial charge in [0.1, 0.15) is 0 Å². The average molecular weight is 236 g/mol. The van der Waals surface area contributed by atoms with Gasteiger partial charge < -0.3 is 5.11 Å². The quantitative estimate of drug-likeness (QED) is 0.732. The van der Waals surface area contributed by atoms with Crippen LogP contribution in [0, 0.1) is 11.8 Å². The predicted octanol–water partition coefficient (Wildman–Crippen LogP) is 0.854. The van der Waals surface area contributed by atoms with Gasteiger partial charge in [0.2, 0.25) is 0 Å². The molecule has 0 radical (unpaired) electrons. The summed E-state index contributed by atoms with van der Waals surface area (Å²) < 4.78 is 26.1. The highest BCUT2D eigenvalue weighted by molar-refractivity contribution is 7.85. The summed E-state index contributed by atoms with van der Waals surface area (Å²) in [5.74, 6) is -0.840. The zero-order valence-electron chi connectivity index (χ0n) is 8.68. The van der Waals surface area contributed by atoms with Gasteiger partial charge in [-0.3, -0.25) is 8.98 Å². The Kier molecular flexibility index (Phi) is 4.10. The van der Waals surface area contributed by atoms with Gasteiger partial charge in [0.15, 0.2) is 0 Å². The highest BCUT2D eigenvalue weighted by Crippen LogP contribution is 2.29. The highest BCUT2D eigenvalue weighted by atomic mass is 32.2. The average Bonchev–Trinajstić information content (AvgIpc) is 2.14. The number of rotatable bonds is 4. The Morgan fingerprint density at radius 3 is 2.27 bits per heavy atom. The van der Waals surface area contributed by atoms with E-state index in [2.05, 4.69) is 4.18 Å². The molecule has 88 valence electrons. The number of carboxylic acids is 1. The van der Waals surface area contributed by atoms with Crippen LogP contribution in [0.25, 0.3) is 0 Å². The second-order valence-corrected chi connectivity index (χ2v) is 5.69. The van der Waals surface area contributed by atoms with E-state index in [9.17, 15) is 13.2 Å². The third kappa shape index (κ3) is 4.61. The summed E-state index contributed by atoms with van der Waals surface area (Å²) >= 11 is 0. The Labute approximate surface area is 89.6 Å². The van der Waals surface area contributed by atoms with Crippen molar-refractivity contribution in [3.8, 4) is 0 Å². The van der Waals surface area contributed by atoms with Crippen LogP contribution in [0.3, 0.4) is 0 Å². The Hall–Kier alpha value is -0.620. The lowest BCUT2D eigenvalue weighted by Crippen LogP contribution is -2.24. The molecule has 1 rings (SSSR count). The molecule has 1 N–H and O–H groups in total. The van der Waals surface area contributed by atoms with Crippen molar-refractivity contribution in [2.24, 2.45) is 11.8 Å². The third-order valence-electron chi connectivity index (χ3n) is 2.71. The summed E-state index contributed by atoms with van der Waals surface area (Å²) in [6.07, 6.45) is 3.72. The van der Waals surface area contributed by atoms with Crippen molar-refractivity contribution in [3.05, 3.63) is 0 Å². The van der Waals surface area contributed by atoms with Crippen molar-refractivity contribution in [1.82, 2.24) is 0 Å². The van der Waals surface area contributed by atoms with Crippen LogP contribution in [0.1, 0.15) is 25.7 Å². The van der Waals surface area contributed by atoms with Gasteiger partial charge >= 0.3 is 5.97 Å². The first-order chi connectivity index (χ1) is 6.88. The summed E-state index contributed by atoms with van der Waals surface area (Å²) in [6, 6.07) is 0. The van der Waals surface area contributed by atoms with Crippen LogP contribution >= 0.6 is 0 Å². The lowest BCUT2D eigenvalue weighted by atomic mass is 9.82. The van der Waals surface area contributed by atoms with Crippen molar-refractivity contribution < 1.29 is 22.5 Å². The minimum atomic E-state index is -3.37.